The molecule has 0 aliphatic rings. The van der Waals surface area contributed by atoms with Crippen molar-refractivity contribution in [2.45, 2.75) is 72.4 Å². The summed E-state index contributed by atoms with van der Waals surface area (Å²) in [6.45, 7) is 11.9. The monoisotopic (exact) mass is 515 g/mol. The van der Waals surface area contributed by atoms with Crippen molar-refractivity contribution in [3.05, 3.63) is 65.2 Å². The molecule has 2 rings (SSSR count). The largest absolute Gasteiger partial charge is 0.350 e. The van der Waals surface area contributed by atoms with Crippen molar-refractivity contribution in [1.29, 1.82) is 0 Å². The third-order valence-electron chi connectivity index (χ3n) is 6.15. The summed E-state index contributed by atoms with van der Waals surface area (Å²) in [4.78, 5) is 27.8. The Kier molecular flexibility index (Phi) is 10.1. The number of anilines is 1. The number of nitrogens with zero attached hydrogens (tertiary/aromatic N) is 2. The van der Waals surface area contributed by atoms with Gasteiger partial charge >= 0.3 is 0 Å². The van der Waals surface area contributed by atoms with Gasteiger partial charge in [0.05, 0.1) is 11.9 Å². The van der Waals surface area contributed by atoms with Crippen LogP contribution in [-0.4, -0.2) is 56.1 Å². The first-order chi connectivity index (χ1) is 16.7. The van der Waals surface area contributed by atoms with Crippen LogP contribution in [0.3, 0.4) is 0 Å². The number of rotatable bonds is 11. The van der Waals surface area contributed by atoms with Crippen LogP contribution in [0.15, 0.2) is 48.5 Å². The molecule has 198 valence electrons. The molecule has 0 spiro atoms. The Balaban J connectivity index is 2.16. The highest BCUT2D eigenvalue weighted by Gasteiger charge is 2.28. The molecule has 0 aromatic heterocycles. The van der Waals surface area contributed by atoms with E-state index in [0.717, 1.165) is 16.7 Å². The quantitative estimate of drug-likeness (QED) is 0.485. The van der Waals surface area contributed by atoms with Gasteiger partial charge in [-0.05, 0) is 77.1 Å². The van der Waals surface area contributed by atoms with Gasteiger partial charge in [-0.3, -0.25) is 13.9 Å². The van der Waals surface area contributed by atoms with E-state index in [2.05, 4.69) is 5.32 Å². The second-order valence-electron chi connectivity index (χ2n) is 10.4. The van der Waals surface area contributed by atoms with E-state index in [1.165, 1.54) is 10.6 Å². The van der Waals surface area contributed by atoms with Gasteiger partial charge in [-0.1, -0.05) is 42.5 Å². The summed E-state index contributed by atoms with van der Waals surface area (Å²) in [6, 6.07) is 14.7. The summed E-state index contributed by atoms with van der Waals surface area (Å²) >= 11 is 0. The van der Waals surface area contributed by atoms with Gasteiger partial charge in [0.2, 0.25) is 21.8 Å². The molecule has 2 aromatic rings. The molecule has 0 aliphatic carbocycles. The fourth-order valence-electron chi connectivity index (χ4n) is 4.03. The number of hydrogen-bond acceptors (Lipinski definition) is 4. The van der Waals surface area contributed by atoms with Gasteiger partial charge in [-0.15, -0.1) is 0 Å². The van der Waals surface area contributed by atoms with Crippen molar-refractivity contribution < 1.29 is 18.0 Å². The standard InChI is InChI=1S/C28H41N3O4S/c1-21-13-11-16-25(22(21)2)31(36(7,34)35)19-12-17-26(32)30(20-18-24-14-9-8-10-15-24)23(3)27(33)29-28(4,5)6/h8-11,13-16,23H,12,17-20H2,1-7H3,(H,29,33)/t23-/m0/s1. The van der Waals surface area contributed by atoms with Crippen molar-refractivity contribution in [3.63, 3.8) is 0 Å². The summed E-state index contributed by atoms with van der Waals surface area (Å²) in [5, 5.41) is 2.96. The lowest BCUT2D eigenvalue weighted by Gasteiger charge is -2.32. The fourth-order valence-corrected chi connectivity index (χ4v) is 5.05. The van der Waals surface area contributed by atoms with Gasteiger partial charge in [0.1, 0.15) is 6.04 Å². The van der Waals surface area contributed by atoms with Gasteiger partial charge < -0.3 is 10.2 Å². The summed E-state index contributed by atoms with van der Waals surface area (Å²) in [7, 11) is -3.53. The smallest absolute Gasteiger partial charge is 0.242 e. The minimum absolute atomic E-state index is 0.138. The summed E-state index contributed by atoms with van der Waals surface area (Å²) in [6.07, 6.45) is 2.28. The molecular weight excluding hydrogens is 474 g/mol. The van der Waals surface area contributed by atoms with E-state index in [9.17, 15) is 18.0 Å². The normalized spacial score (nSPS) is 12.6. The number of benzene rings is 2. The van der Waals surface area contributed by atoms with Crippen LogP contribution in [0.1, 0.15) is 57.2 Å². The number of amides is 2. The zero-order valence-corrected chi connectivity index (χ0v) is 23.5. The molecule has 1 N–H and O–H groups in total. The molecule has 0 bridgehead atoms. The Bertz CT molecular complexity index is 1140. The predicted octanol–water partition coefficient (Wildman–Crippen LogP) is 4.22. The highest BCUT2D eigenvalue weighted by molar-refractivity contribution is 7.92. The lowest BCUT2D eigenvalue weighted by atomic mass is 10.1. The Morgan fingerprint density at radius 1 is 0.972 bits per heavy atom. The van der Waals surface area contributed by atoms with E-state index < -0.39 is 21.6 Å². The molecular formula is C28H41N3O4S. The molecule has 0 saturated carbocycles. The Morgan fingerprint density at radius 3 is 2.19 bits per heavy atom. The van der Waals surface area contributed by atoms with E-state index in [1.807, 2.05) is 77.1 Å². The first-order valence-corrected chi connectivity index (χ1v) is 14.2. The number of aryl methyl sites for hydroxylation is 1. The lowest BCUT2D eigenvalue weighted by molar-refractivity contribution is -0.140. The number of carbonyl (C=O) groups is 2. The van der Waals surface area contributed by atoms with E-state index >= 15 is 0 Å². The van der Waals surface area contributed by atoms with E-state index in [1.54, 1.807) is 17.9 Å². The minimum Gasteiger partial charge on any atom is -0.350 e. The van der Waals surface area contributed by atoms with Crippen LogP contribution < -0.4 is 9.62 Å². The van der Waals surface area contributed by atoms with E-state index in [0.29, 0.717) is 25.1 Å². The topological polar surface area (TPSA) is 86.8 Å². The first kappa shape index (κ1) is 29.4. The van der Waals surface area contributed by atoms with Crippen LogP contribution in [0.25, 0.3) is 0 Å². The Labute approximate surface area is 216 Å². The van der Waals surface area contributed by atoms with Crippen molar-refractivity contribution in [2.24, 2.45) is 0 Å². The average Bonchev–Trinajstić information content (AvgIpc) is 2.77. The van der Waals surface area contributed by atoms with Crippen LogP contribution >= 0.6 is 0 Å². The first-order valence-electron chi connectivity index (χ1n) is 12.4. The minimum atomic E-state index is -3.53. The van der Waals surface area contributed by atoms with Crippen LogP contribution in [0, 0.1) is 13.8 Å². The maximum Gasteiger partial charge on any atom is 0.242 e. The molecule has 0 radical (unpaired) electrons. The van der Waals surface area contributed by atoms with Crippen molar-refractivity contribution >= 4 is 27.5 Å². The third-order valence-corrected chi connectivity index (χ3v) is 7.33. The summed E-state index contributed by atoms with van der Waals surface area (Å²) in [5.74, 6) is -0.381. The number of hydrogen-bond donors (Lipinski definition) is 1. The zero-order valence-electron chi connectivity index (χ0n) is 22.7. The van der Waals surface area contributed by atoms with Gasteiger partial charge in [0.25, 0.3) is 0 Å². The molecule has 2 aromatic carbocycles. The van der Waals surface area contributed by atoms with Gasteiger partial charge in [0, 0.05) is 25.0 Å². The lowest BCUT2D eigenvalue weighted by Crippen LogP contribution is -2.53. The highest BCUT2D eigenvalue weighted by Crippen LogP contribution is 2.25. The molecule has 0 aliphatic heterocycles. The maximum atomic E-state index is 13.3. The number of sulfonamides is 1. The fraction of sp³-hybridized carbons (Fsp3) is 0.500. The number of carbonyl (C=O) groups excluding carboxylic acids is 2. The molecule has 0 unspecified atom stereocenters. The summed E-state index contributed by atoms with van der Waals surface area (Å²) < 4.78 is 26.5. The molecule has 1 atom stereocenters. The van der Waals surface area contributed by atoms with Crippen LogP contribution in [0.5, 0.6) is 0 Å². The second-order valence-corrected chi connectivity index (χ2v) is 12.3. The van der Waals surface area contributed by atoms with Gasteiger partial charge in [-0.2, -0.15) is 0 Å². The molecule has 2 amide bonds. The molecule has 0 heterocycles. The molecule has 7 nitrogen and oxygen atoms in total. The second kappa shape index (κ2) is 12.4. The average molecular weight is 516 g/mol. The molecule has 36 heavy (non-hydrogen) atoms. The maximum absolute atomic E-state index is 13.3. The van der Waals surface area contributed by atoms with Crippen LogP contribution in [0.2, 0.25) is 0 Å². The third kappa shape index (κ3) is 8.66. The van der Waals surface area contributed by atoms with Gasteiger partial charge in [0.15, 0.2) is 0 Å². The van der Waals surface area contributed by atoms with Crippen molar-refractivity contribution in [1.82, 2.24) is 10.2 Å². The van der Waals surface area contributed by atoms with Crippen LogP contribution in [0.4, 0.5) is 5.69 Å². The van der Waals surface area contributed by atoms with E-state index in [-0.39, 0.29) is 24.8 Å². The van der Waals surface area contributed by atoms with Crippen molar-refractivity contribution in [3.8, 4) is 0 Å². The van der Waals surface area contributed by atoms with E-state index in [4.69, 9.17) is 0 Å². The highest BCUT2D eigenvalue weighted by atomic mass is 32.2. The number of nitrogens with one attached hydrogen (secondary N) is 1. The summed E-state index contributed by atoms with van der Waals surface area (Å²) in [5.41, 5.74) is 3.19. The zero-order chi connectivity index (χ0) is 27.1. The molecule has 0 saturated heterocycles. The van der Waals surface area contributed by atoms with Gasteiger partial charge in [-0.25, -0.2) is 8.42 Å². The Morgan fingerprint density at radius 2 is 1.61 bits per heavy atom. The van der Waals surface area contributed by atoms with Crippen LogP contribution in [-0.2, 0) is 26.0 Å². The Hall–Kier alpha value is -2.87. The SMILES string of the molecule is Cc1cccc(N(CCCC(=O)N(CCc2ccccc2)[C@@H](C)C(=O)NC(C)(C)C)S(C)(=O)=O)c1C. The molecule has 0 fully saturated rings. The predicted molar refractivity (Wildman–Crippen MR) is 147 cm³/mol. The molecule has 8 heteroatoms. The van der Waals surface area contributed by atoms with Crippen molar-refractivity contribution in [2.75, 3.05) is 23.7 Å².